The van der Waals surface area contributed by atoms with E-state index in [1.54, 1.807) is 6.08 Å². The maximum absolute atomic E-state index is 15.0. The smallest absolute Gasteiger partial charge is 0.239 e. The number of aliphatic hydroxyl groups is 2. The molecule has 2 N–H and O–H groups in total. The zero-order valence-electron chi connectivity index (χ0n) is 35.7. The standard InChI is InChI=1S/C51H61N3O7/c1-4-28-59-51-47(54(50(57)36-22-23-36)32-38-18-13-17-35-15-6-7-20-41(35)38)31-45(53-60-5-2)43-29-37(16-8-10-26-55)42(21-9-11-27-56)48(49(43)51)44-30-40(24-25-46(44)61-51)58-33-39-19-12-14-34(3)52-39/h4,6-7,12-15,17-20,24-25,29-30,36-37,42,47-49,55-56H,1,5,8-11,16,21-23,26-28,31-33H2,2-3H3. The molecule has 2 saturated carbocycles. The minimum Gasteiger partial charge on any atom is -0.487 e. The summed E-state index contributed by atoms with van der Waals surface area (Å²) in [6, 6.07) is 26.1. The van der Waals surface area contributed by atoms with Gasteiger partial charge in [-0.2, -0.15) is 0 Å². The quantitative estimate of drug-likeness (QED) is 0.0514. The van der Waals surface area contributed by atoms with Crippen molar-refractivity contribution in [2.24, 2.45) is 28.8 Å². The first kappa shape index (κ1) is 42.7. The lowest BCUT2D eigenvalue weighted by atomic mass is 9.55. The fourth-order valence-corrected chi connectivity index (χ4v) is 10.2. The van der Waals surface area contributed by atoms with Gasteiger partial charge in [0, 0.05) is 49.3 Å². The number of carbonyl (C=O) groups excluding carboxylic acids is 1. The van der Waals surface area contributed by atoms with Crippen LogP contribution in [0.25, 0.3) is 10.8 Å². The van der Waals surface area contributed by atoms with Gasteiger partial charge in [-0.15, -0.1) is 6.58 Å². The second kappa shape index (κ2) is 19.3. The highest BCUT2D eigenvalue weighted by Crippen LogP contribution is 2.62. The van der Waals surface area contributed by atoms with Crippen LogP contribution < -0.4 is 9.47 Å². The van der Waals surface area contributed by atoms with Crippen molar-refractivity contribution >= 4 is 22.4 Å². The Hall–Kier alpha value is -5.03. The van der Waals surface area contributed by atoms with Crippen molar-refractivity contribution in [1.82, 2.24) is 9.88 Å². The lowest BCUT2D eigenvalue weighted by Gasteiger charge is -2.60. The van der Waals surface area contributed by atoms with Crippen molar-refractivity contribution in [3.8, 4) is 11.5 Å². The molecule has 3 aliphatic carbocycles. The van der Waals surface area contributed by atoms with Crippen LogP contribution in [0.5, 0.6) is 11.5 Å². The van der Waals surface area contributed by atoms with Crippen molar-refractivity contribution in [3.05, 3.63) is 126 Å². The largest absolute Gasteiger partial charge is 0.487 e. The molecular formula is C51H61N3O7. The highest BCUT2D eigenvalue weighted by molar-refractivity contribution is 6.03. The molecule has 3 aromatic carbocycles. The van der Waals surface area contributed by atoms with Gasteiger partial charge in [-0.1, -0.05) is 78.7 Å². The van der Waals surface area contributed by atoms with Crippen LogP contribution in [0.15, 0.2) is 108 Å². The summed E-state index contributed by atoms with van der Waals surface area (Å²) in [5.41, 5.74) is 5.69. The van der Waals surface area contributed by atoms with E-state index in [1.165, 1.54) is 0 Å². The predicted molar refractivity (Wildman–Crippen MR) is 237 cm³/mol. The van der Waals surface area contributed by atoms with Gasteiger partial charge in [0.25, 0.3) is 0 Å². The molecule has 0 bridgehead atoms. The van der Waals surface area contributed by atoms with Gasteiger partial charge < -0.3 is 34.2 Å². The van der Waals surface area contributed by atoms with E-state index < -0.39 is 11.8 Å². The third kappa shape index (κ3) is 8.99. The molecule has 8 rings (SSSR count). The molecule has 0 radical (unpaired) electrons. The van der Waals surface area contributed by atoms with Gasteiger partial charge in [-0.3, -0.25) is 9.78 Å². The lowest BCUT2D eigenvalue weighted by molar-refractivity contribution is -0.258. The number of benzene rings is 3. The number of hydrogen-bond donors (Lipinski definition) is 2. The Morgan fingerprint density at radius 1 is 1.00 bits per heavy atom. The van der Waals surface area contributed by atoms with E-state index >= 15 is 0 Å². The van der Waals surface area contributed by atoms with E-state index in [4.69, 9.17) is 24.2 Å². The van der Waals surface area contributed by atoms with Crippen molar-refractivity contribution in [3.63, 3.8) is 0 Å². The highest BCUT2D eigenvalue weighted by Gasteiger charge is 2.66. The number of fused-ring (bicyclic) bond motifs is 3. The molecular weight excluding hydrogens is 767 g/mol. The van der Waals surface area contributed by atoms with Crippen LogP contribution in [-0.4, -0.2) is 70.0 Å². The number of unbranched alkanes of at least 4 members (excludes halogenated alkanes) is 2. The van der Waals surface area contributed by atoms with E-state index in [1.807, 2.05) is 55.1 Å². The summed E-state index contributed by atoms with van der Waals surface area (Å²) in [4.78, 5) is 27.7. The predicted octanol–water partition coefficient (Wildman–Crippen LogP) is 9.21. The molecule has 10 heteroatoms. The minimum absolute atomic E-state index is 0.0709. The second-order valence-electron chi connectivity index (χ2n) is 17.1. The molecule has 4 aromatic rings. The maximum atomic E-state index is 15.0. The molecule has 0 spiro atoms. The molecule has 10 nitrogen and oxygen atoms in total. The maximum Gasteiger partial charge on any atom is 0.239 e. The number of nitrogens with zero attached hydrogens (tertiary/aromatic N) is 3. The zero-order chi connectivity index (χ0) is 42.3. The van der Waals surface area contributed by atoms with E-state index in [0.29, 0.717) is 50.5 Å². The van der Waals surface area contributed by atoms with Crippen LogP contribution in [-0.2, 0) is 27.5 Å². The number of carbonyl (C=O) groups is 1. The fourth-order valence-electron chi connectivity index (χ4n) is 10.2. The molecule has 2 heterocycles. The molecule has 0 saturated heterocycles. The molecule has 4 aliphatic rings. The SMILES string of the molecule is C=CCOC12Oc3ccc(OCc4cccc(C)n4)cc3C3C(CCCCO)C(CCCCO)C=C(C(=NOCC)CC1N(Cc1cccc4ccccc14)C(=O)C1CC1)C32. The monoisotopic (exact) mass is 827 g/mol. The molecule has 1 aromatic heterocycles. The van der Waals surface area contributed by atoms with Gasteiger partial charge in [0.1, 0.15) is 30.8 Å². The first-order chi connectivity index (χ1) is 29.9. The molecule has 6 unspecified atom stereocenters. The van der Waals surface area contributed by atoms with E-state index in [2.05, 4.69) is 60.1 Å². The molecule has 2 fully saturated rings. The van der Waals surface area contributed by atoms with Crippen LogP contribution in [0.1, 0.15) is 93.1 Å². The van der Waals surface area contributed by atoms with Gasteiger partial charge in [-0.25, -0.2) is 0 Å². The van der Waals surface area contributed by atoms with E-state index in [-0.39, 0.29) is 55.3 Å². The minimum atomic E-state index is -1.32. The number of amides is 1. The number of aryl methyl sites for hydroxylation is 1. The second-order valence-corrected chi connectivity index (χ2v) is 17.1. The van der Waals surface area contributed by atoms with Crippen LogP contribution in [0.3, 0.4) is 0 Å². The number of rotatable bonds is 20. The van der Waals surface area contributed by atoms with Gasteiger partial charge >= 0.3 is 0 Å². The Morgan fingerprint density at radius 3 is 2.56 bits per heavy atom. The molecule has 1 aliphatic heterocycles. The average Bonchev–Trinajstić information content (AvgIpc) is 4.13. The summed E-state index contributed by atoms with van der Waals surface area (Å²) in [5, 5.41) is 27.0. The van der Waals surface area contributed by atoms with Crippen molar-refractivity contribution < 1.29 is 34.1 Å². The van der Waals surface area contributed by atoms with E-state index in [9.17, 15) is 15.0 Å². The van der Waals surface area contributed by atoms with Crippen molar-refractivity contribution in [2.45, 2.75) is 103 Å². The molecule has 6 atom stereocenters. The van der Waals surface area contributed by atoms with Crippen LogP contribution in [0.4, 0.5) is 0 Å². The molecule has 322 valence electrons. The molecule has 1 amide bonds. The van der Waals surface area contributed by atoms with Crippen molar-refractivity contribution in [2.75, 3.05) is 26.4 Å². The Kier molecular flexibility index (Phi) is 13.5. The normalized spacial score (nSPS) is 24.6. The van der Waals surface area contributed by atoms with Crippen molar-refractivity contribution in [1.29, 1.82) is 0 Å². The van der Waals surface area contributed by atoms with E-state index in [0.717, 1.165) is 83.1 Å². The first-order valence-electron chi connectivity index (χ1n) is 22.4. The highest BCUT2D eigenvalue weighted by atomic mass is 16.7. The number of oxime groups is 1. The number of aromatic nitrogens is 1. The summed E-state index contributed by atoms with van der Waals surface area (Å²) < 4.78 is 21.2. The average molecular weight is 828 g/mol. The number of hydrogen-bond acceptors (Lipinski definition) is 9. The third-order valence-corrected chi connectivity index (χ3v) is 13.1. The topological polar surface area (TPSA) is 123 Å². The Labute approximate surface area is 360 Å². The van der Waals surface area contributed by atoms with Gasteiger partial charge in [0.05, 0.1) is 23.9 Å². The van der Waals surface area contributed by atoms with Gasteiger partial charge in [0.15, 0.2) is 0 Å². The molecule has 61 heavy (non-hydrogen) atoms. The van der Waals surface area contributed by atoms with Crippen LogP contribution in [0.2, 0.25) is 0 Å². The van der Waals surface area contributed by atoms with Crippen LogP contribution >= 0.6 is 0 Å². The Morgan fingerprint density at radius 2 is 1.79 bits per heavy atom. The summed E-state index contributed by atoms with van der Waals surface area (Å²) in [7, 11) is 0. The van der Waals surface area contributed by atoms with Gasteiger partial charge in [0.2, 0.25) is 11.7 Å². The zero-order valence-corrected chi connectivity index (χ0v) is 35.7. The number of aliphatic hydroxyl groups excluding tert-OH is 2. The van der Waals surface area contributed by atoms with Gasteiger partial charge in [-0.05, 0) is 116 Å². The number of pyridine rings is 1. The summed E-state index contributed by atoms with van der Waals surface area (Å²) in [6.07, 6.45) is 11.1. The lowest BCUT2D eigenvalue weighted by Crippen LogP contribution is -2.70. The number of ether oxygens (including phenoxy) is 3. The summed E-state index contributed by atoms with van der Waals surface area (Å²) in [6.45, 7) is 9.55. The van der Waals surface area contributed by atoms with Crippen LogP contribution in [0, 0.1) is 30.6 Å². The summed E-state index contributed by atoms with van der Waals surface area (Å²) >= 11 is 0. The summed E-state index contributed by atoms with van der Waals surface area (Å²) in [5.74, 6) is -0.167. The number of allylic oxidation sites excluding steroid dienone is 1. The Balaban J connectivity index is 1.32. The fraction of sp³-hybridized carbons (Fsp3) is 0.471. The Bertz CT molecular complexity index is 2230. The third-order valence-electron chi connectivity index (χ3n) is 13.1. The first-order valence-corrected chi connectivity index (χ1v) is 22.4.